The molecule has 2 N–H and O–H groups in total. The van der Waals surface area contributed by atoms with Gasteiger partial charge in [0.15, 0.2) is 0 Å². The summed E-state index contributed by atoms with van der Waals surface area (Å²) in [5.74, 6) is 0. The monoisotopic (exact) mass is 343 g/mol. The van der Waals surface area contributed by atoms with Gasteiger partial charge in [0.25, 0.3) is 0 Å². The molecule has 2 aromatic rings. The zero-order valence-electron chi connectivity index (χ0n) is 9.75. The fourth-order valence-electron chi connectivity index (χ4n) is 1.92. The molecule has 2 rings (SSSR count). The van der Waals surface area contributed by atoms with Gasteiger partial charge in [-0.25, -0.2) is 0 Å². The highest BCUT2D eigenvalue weighted by Gasteiger charge is 2.16. The van der Waals surface area contributed by atoms with Crippen LogP contribution >= 0.6 is 39.1 Å². The highest BCUT2D eigenvalue weighted by molar-refractivity contribution is 9.10. The second kappa shape index (κ2) is 5.62. The Labute approximate surface area is 125 Å². The van der Waals surface area contributed by atoms with E-state index in [4.69, 9.17) is 28.9 Å². The third-order valence-corrected chi connectivity index (χ3v) is 3.97. The second-order valence-corrected chi connectivity index (χ2v) is 5.87. The molecule has 0 aromatic heterocycles. The normalized spacial score (nSPS) is 12.5. The molecular formula is C14H12BrCl2N. The number of hydrogen-bond acceptors (Lipinski definition) is 1. The van der Waals surface area contributed by atoms with E-state index in [2.05, 4.69) is 15.9 Å². The predicted molar refractivity (Wildman–Crippen MR) is 81.4 cm³/mol. The van der Waals surface area contributed by atoms with E-state index in [1.165, 1.54) is 0 Å². The molecule has 94 valence electrons. The summed E-state index contributed by atoms with van der Waals surface area (Å²) in [4.78, 5) is 0. The molecule has 0 spiro atoms. The van der Waals surface area contributed by atoms with Gasteiger partial charge in [0.05, 0.1) is 6.04 Å². The standard InChI is InChI=1S/C14H12BrCl2N/c1-8-5-9(7-10(16)6-8)14(18)13-11(15)3-2-4-12(13)17/h2-7,14H,18H2,1H3. The molecule has 1 unspecified atom stereocenters. The lowest BCUT2D eigenvalue weighted by Crippen LogP contribution is -2.13. The lowest BCUT2D eigenvalue weighted by atomic mass is 9.98. The van der Waals surface area contributed by atoms with Gasteiger partial charge >= 0.3 is 0 Å². The molecule has 4 heteroatoms. The number of rotatable bonds is 2. The molecule has 0 aliphatic rings. The van der Waals surface area contributed by atoms with Crippen LogP contribution in [0.2, 0.25) is 10.0 Å². The zero-order chi connectivity index (χ0) is 13.3. The van der Waals surface area contributed by atoms with E-state index < -0.39 is 0 Å². The van der Waals surface area contributed by atoms with Crippen molar-refractivity contribution in [2.75, 3.05) is 0 Å². The topological polar surface area (TPSA) is 26.0 Å². The molecule has 0 aliphatic carbocycles. The van der Waals surface area contributed by atoms with Gasteiger partial charge in [-0.3, -0.25) is 0 Å². The van der Waals surface area contributed by atoms with Crippen LogP contribution in [0.15, 0.2) is 40.9 Å². The number of aryl methyl sites for hydroxylation is 1. The molecule has 18 heavy (non-hydrogen) atoms. The zero-order valence-corrected chi connectivity index (χ0v) is 12.9. The van der Waals surface area contributed by atoms with E-state index in [0.29, 0.717) is 10.0 Å². The van der Waals surface area contributed by atoms with Crippen molar-refractivity contribution in [3.63, 3.8) is 0 Å². The average Bonchev–Trinajstić information content (AvgIpc) is 2.27. The van der Waals surface area contributed by atoms with Crippen LogP contribution in [-0.4, -0.2) is 0 Å². The summed E-state index contributed by atoms with van der Waals surface area (Å²) < 4.78 is 0.903. The van der Waals surface area contributed by atoms with Crippen LogP contribution in [0.3, 0.4) is 0 Å². The van der Waals surface area contributed by atoms with E-state index >= 15 is 0 Å². The van der Waals surface area contributed by atoms with Crippen molar-refractivity contribution in [1.82, 2.24) is 0 Å². The molecule has 0 fully saturated rings. The Hall–Kier alpha value is -0.540. The maximum atomic E-state index is 6.28. The highest BCUT2D eigenvalue weighted by atomic mass is 79.9. The molecule has 2 aromatic carbocycles. The Morgan fingerprint density at radius 1 is 1.17 bits per heavy atom. The molecule has 0 saturated heterocycles. The van der Waals surface area contributed by atoms with E-state index in [-0.39, 0.29) is 6.04 Å². The van der Waals surface area contributed by atoms with Crippen LogP contribution in [-0.2, 0) is 0 Å². The Bertz CT molecular complexity index is 544. The van der Waals surface area contributed by atoms with Crippen LogP contribution in [0.25, 0.3) is 0 Å². The van der Waals surface area contributed by atoms with E-state index in [0.717, 1.165) is 21.2 Å². The third-order valence-electron chi connectivity index (χ3n) is 2.73. The number of halogens is 3. The summed E-state index contributed by atoms with van der Waals surface area (Å²) in [5.41, 5.74) is 9.19. The van der Waals surface area contributed by atoms with Crippen LogP contribution in [0.1, 0.15) is 22.7 Å². The van der Waals surface area contributed by atoms with Crippen molar-refractivity contribution in [3.05, 3.63) is 67.6 Å². The summed E-state index contributed by atoms with van der Waals surface area (Å²) in [5, 5.41) is 1.33. The fourth-order valence-corrected chi connectivity index (χ4v) is 3.24. The number of nitrogens with two attached hydrogens (primary N) is 1. The molecule has 0 aliphatic heterocycles. The average molecular weight is 345 g/mol. The summed E-state index contributed by atoms with van der Waals surface area (Å²) >= 11 is 15.8. The van der Waals surface area contributed by atoms with Gasteiger partial charge in [0.1, 0.15) is 0 Å². The maximum absolute atomic E-state index is 6.28. The van der Waals surface area contributed by atoms with Crippen molar-refractivity contribution in [3.8, 4) is 0 Å². The van der Waals surface area contributed by atoms with Gasteiger partial charge in [-0.1, -0.05) is 51.3 Å². The minimum Gasteiger partial charge on any atom is -0.320 e. The first-order valence-corrected chi connectivity index (χ1v) is 7.00. The number of hydrogen-bond donors (Lipinski definition) is 1. The third kappa shape index (κ3) is 2.89. The summed E-state index contributed by atoms with van der Waals surface area (Å²) in [7, 11) is 0. The van der Waals surface area contributed by atoms with Crippen molar-refractivity contribution in [2.24, 2.45) is 5.73 Å². The molecule has 0 saturated carbocycles. The summed E-state index contributed by atoms with van der Waals surface area (Å²) in [6, 6.07) is 11.1. The van der Waals surface area contributed by atoms with Crippen LogP contribution < -0.4 is 5.73 Å². The lowest BCUT2D eigenvalue weighted by Gasteiger charge is -2.17. The second-order valence-electron chi connectivity index (χ2n) is 4.17. The van der Waals surface area contributed by atoms with Gasteiger partial charge < -0.3 is 5.73 Å². The first kappa shape index (κ1) is 13.9. The largest absolute Gasteiger partial charge is 0.320 e. The van der Waals surface area contributed by atoms with Crippen LogP contribution in [0.5, 0.6) is 0 Å². The van der Waals surface area contributed by atoms with E-state index in [1.807, 2.05) is 43.3 Å². The van der Waals surface area contributed by atoms with E-state index in [1.54, 1.807) is 0 Å². The summed E-state index contributed by atoms with van der Waals surface area (Å²) in [6.07, 6.45) is 0. The molecule has 1 atom stereocenters. The Morgan fingerprint density at radius 3 is 2.50 bits per heavy atom. The molecular weight excluding hydrogens is 333 g/mol. The van der Waals surface area contributed by atoms with E-state index in [9.17, 15) is 0 Å². The molecule has 0 radical (unpaired) electrons. The molecule has 0 heterocycles. The van der Waals surface area contributed by atoms with Crippen LogP contribution in [0.4, 0.5) is 0 Å². The van der Waals surface area contributed by atoms with Gasteiger partial charge in [-0.2, -0.15) is 0 Å². The SMILES string of the molecule is Cc1cc(Cl)cc(C(N)c2c(Cl)cccc2Br)c1. The first-order valence-electron chi connectivity index (χ1n) is 5.45. The maximum Gasteiger partial charge on any atom is 0.0578 e. The fraction of sp³-hybridized carbons (Fsp3) is 0.143. The van der Waals surface area contributed by atoms with Crippen molar-refractivity contribution >= 4 is 39.1 Å². The molecule has 1 nitrogen and oxygen atoms in total. The van der Waals surface area contributed by atoms with Crippen LogP contribution in [0, 0.1) is 6.92 Å². The minimum absolute atomic E-state index is 0.300. The lowest BCUT2D eigenvalue weighted by molar-refractivity contribution is 0.864. The van der Waals surface area contributed by atoms with Gasteiger partial charge in [0.2, 0.25) is 0 Å². The minimum atomic E-state index is -0.300. The Morgan fingerprint density at radius 2 is 1.89 bits per heavy atom. The van der Waals surface area contributed by atoms with Crippen molar-refractivity contribution in [2.45, 2.75) is 13.0 Å². The van der Waals surface area contributed by atoms with Gasteiger partial charge in [0, 0.05) is 20.1 Å². The quantitative estimate of drug-likeness (QED) is 0.804. The Balaban J connectivity index is 2.51. The predicted octanol–water partition coefficient (Wildman–Crippen LogP) is 5.11. The first-order chi connectivity index (χ1) is 8.49. The summed E-state index contributed by atoms with van der Waals surface area (Å²) in [6.45, 7) is 1.99. The van der Waals surface area contributed by atoms with Crippen molar-refractivity contribution in [1.29, 1.82) is 0 Å². The molecule has 0 bridgehead atoms. The van der Waals surface area contributed by atoms with Gasteiger partial charge in [-0.15, -0.1) is 0 Å². The Kier molecular flexibility index (Phi) is 4.33. The van der Waals surface area contributed by atoms with Crippen molar-refractivity contribution < 1.29 is 0 Å². The smallest absolute Gasteiger partial charge is 0.0578 e. The molecule has 0 amide bonds. The van der Waals surface area contributed by atoms with Gasteiger partial charge in [-0.05, 0) is 42.3 Å². The number of benzene rings is 2. The highest BCUT2D eigenvalue weighted by Crippen LogP contribution is 2.33.